The number of rotatable bonds is 7. The van der Waals surface area contributed by atoms with E-state index in [4.69, 9.17) is 44.9 Å². The number of thiocarbonyl (C=S) groups is 1. The van der Waals surface area contributed by atoms with E-state index in [0.29, 0.717) is 37.6 Å². The summed E-state index contributed by atoms with van der Waals surface area (Å²) in [6.45, 7) is 1.50. The van der Waals surface area contributed by atoms with Gasteiger partial charge in [-0.05, 0) is 42.8 Å². The molecule has 1 atom stereocenters. The maximum Gasteiger partial charge on any atom is 0.266 e. The van der Waals surface area contributed by atoms with Crippen LogP contribution in [-0.2, 0) is 16.2 Å². The summed E-state index contributed by atoms with van der Waals surface area (Å²) in [7, 11) is 1.50. The third-order valence-corrected chi connectivity index (χ3v) is 6.51. The molecule has 31 heavy (non-hydrogen) atoms. The van der Waals surface area contributed by atoms with E-state index in [9.17, 15) is 14.7 Å². The van der Waals surface area contributed by atoms with E-state index in [1.807, 2.05) is 0 Å². The van der Waals surface area contributed by atoms with Gasteiger partial charge < -0.3 is 19.4 Å². The van der Waals surface area contributed by atoms with Crippen molar-refractivity contribution < 1.29 is 24.2 Å². The highest BCUT2D eigenvalue weighted by Gasteiger charge is 2.35. The fraction of sp³-hybridized carbons (Fsp3) is 0.190. The van der Waals surface area contributed by atoms with Crippen molar-refractivity contribution in [1.29, 1.82) is 0 Å². The van der Waals surface area contributed by atoms with Crippen LogP contribution in [0.15, 0.2) is 41.3 Å². The SMILES string of the molecule is COc1cc(/C=C2\SC(=S)N([C@@H](C)C(=O)[O-])C2=O)ccc1OCc1c(Cl)cccc1Cl. The molecule has 0 N–H and O–H groups in total. The Morgan fingerprint density at radius 1 is 1.26 bits per heavy atom. The zero-order valence-corrected chi connectivity index (χ0v) is 19.5. The van der Waals surface area contributed by atoms with Crippen molar-refractivity contribution in [3.63, 3.8) is 0 Å². The third kappa shape index (κ3) is 5.15. The van der Waals surface area contributed by atoms with Crippen LogP contribution in [0.2, 0.25) is 10.0 Å². The Kier molecular flexibility index (Phi) is 7.48. The number of benzene rings is 2. The zero-order chi connectivity index (χ0) is 22.7. The van der Waals surface area contributed by atoms with Crippen molar-refractivity contribution in [3.8, 4) is 11.5 Å². The van der Waals surface area contributed by atoms with Crippen LogP contribution in [0.4, 0.5) is 0 Å². The second-order valence-electron chi connectivity index (χ2n) is 6.45. The van der Waals surface area contributed by atoms with Gasteiger partial charge in [0, 0.05) is 15.6 Å². The van der Waals surface area contributed by atoms with Gasteiger partial charge in [-0.2, -0.15) is 0 Å². The minimum absolute atomic E-state index is 0.147. The number of amides is 1. The summed E-state index contributed by atoms with van der Waals surface area (Å²) in [6.07, 6.45) is 1.61. The van der Waals surface area contributed by atoms with Crippen LogP contribution in [-0.4, -0.2) is 34.2 Å². The van der Waals surface area contributed by atoms with Crippen LogP contribution in [0.5, 0.6) is 11.5 Å². The molecule has 0 saturated carbocycles. The van der Waals surface area contributed by atoms with Crippen molar-refractivity contribution in [2.24, 2.45) is 0 Å². The number of hydrogen-bond acceptors (Lipinski definition) is 7. The topological polar surface area (TPSA) is 78.9 Å². The molecule has 0 radical (unpaired) electrons. The maximum absolute atomic E-state index is 12.6. The molecular formula is C21H16Cl2NO5S2-. The molecule has 2 aromatic carbocycles. The van der Waals surface area contributed by atoms with E-state index in [1.165, 1.54) is 14.0 Å². The van der Waals surface area contributed by atoms with Gasteiger partial charge in [0.1, 0.15) is 10.9 Å². The quantitative estimate of drug-likeness (QED) is 0.424. The number of carbonyl (C=O) groups excluding carboxylic acids is 2. The molecule has 0 bridgehead atoms. The number of carboxylic acids is 1. The average molecular weight is 497 g/mol. The van der Waals surface area contributed by atoms with Crippen LogP contribution >= 0.6 is 47.2 Å². The van der Waals surface area contributed by atoms with E-state index >= 15 is 0 Å². The van der Waals surface area contributed by atoms with E-state index in [1.54, 1.807) is 42.5 Å². The number of halogens is 2. The minimum atomic E-state index is -1.38. The van der Waals surface area contributed by atoms with E-state index < -0.39 is 17.9 Å². The van der Waals surface area contributed by atoms with Crippen LogP contribution in [0.3, 0.4) is 0 Å². The zero-order valence-electron chi connectivity index (χ0n) is 16.4. The van der Waals surface area contributed by atoms with Crippen molar-refractivity contribution in [2.75, 3.05) is 7.11 Å². The molecule has 1 saturated heterocycles. The second kappa shape index (κ2) is 9.91. The maximum atomic E-state index is 12.6. The molecular weight excluding hydrogens is 481 g/mol. The van der Waals surface area contributed by atoms with E-state index in [0.717, 1.165) is 16.7 Å². The highest BCUT2D eigenvalue weighted by molar-refractivity contribution is 8.26. The Hall–Kier alpha value is -2.26. The Balaban J connectivity index is 1.81. The van der Waals surface area contributed by atoms with Gasteiger partial charge in [0.2, 0.25) is 0 Å². The lowest BCUT2D eigenvalue weighted by Crippen LogP contribution is -2.48. The third-order valence-electron chi connectivity index (χ3n) is 4.47. The van der Waals surface area contributed by atoms with Gasteiger partial charge in [-0.1, -0.05) is 59.3 Å². The second-order valence-corrected chi connectivity index (χ2v) is 8.94. The van der Waals surface area contributed by atoms with Gasteiger partial charge in [-0.25, -0.2) is 0 Å². The first-order valence-corrected chi connectivity index (χ1v) is 10.9. The number of hydrogen-bond donors (Lipinski definition) is 0. The normalized spacial score (nSPS) is 16.0. The summed E-state index contributed by atoms with van der Waals surface area (Å²) in [4.78, 5) is 25.1. The summed E-state index contributed by atoms with van der Waals surface area (Å²) >= 11 is 18.5. The predicted molar refractivity (Wildman–Crippen MR) is 123 cm³/mol. The molecule has 6 nitrogen and oxygen atoms in total. The summed E-state index contributed by atoms with van der Waals surface area (Å²) in [5.74, 6) is -0.956. The lowest BCUT2D eigenvalue weighted by atomic mass is 10.1. The number of aliphatic carboxylic acids is 1. The Bertz CT molecular complexity index is 1070. The van der Waals surface area contributed by atoms with Crippen molar-refractivity contribution in [3.05, 3.63) is 62.5 Å². The Morgan fingerprint density at radius 3 is 2.55 bits per heavy atom. The molecule has 3 rings (SSSR count). The molecule has 1 aliphatic heterocycles. The number of ether oxygens (including phenoxy) is 2. The Labute approximate surface area is 198 Å². The predicted octanol–water partition coefficient (Wildman–Crippen LogP) is 3.92. The highest BCUT2D eigenvalue weighted by Crippen LogP contribution is 2.36. The monoisotopic (exact) mass is 496 g/mol. The molecule has 1 fully saturated rings. The molecule has 2 aromatic rings. The summed E-state index contributed by atoms with van der Waals surface area (Å²) in [5, 5.41) is 12.1. The number of methoxy groups -OCH3 is 1. The van der Waals surface area contributed by atoms with Gasteiger partial charge in [0.05, 0.1) is 24.0 Å². The summed E-state index contributed by atoms with van der Waals surface area (Å²) < 4.78 is 11.4. The molecule has 0 unspecified atom stereocenters. The number of thioether (sulfide) groups is 1. The van der Waals surface area contributed by atoms with Crippen molar-refractivity contribution >= 4 is 69.5 Å². The van der Waals surface area contributed by atoms with Crippen LogP contribution in [0.25, 0.3) is 6.08 Å². The van der Waals surface area contributed by atoms with Gasteiger partial charge in [-0.3, -0.25) is 9.69 Å². The molecule has 0 aromatic heterocycles. The van der Waals surface area contributed by atoms with Gasteiger partial charge in [0.25, 0.3) is 5.91 Å². The van der Waals surface area contributed by atoms with Gasteiger partial charge in [-0.15, -0.1) is 0 Å². The Morgan fingerprint density at radius 2 is 1.94 bits per heavy atom. The molecule has 0 aliphatic carbocycles. The number of carbonyl (C=O) groups is 2. The standard InChI is InChI=1S/C21H17Cl2NO5S2/c1-11(20(26)27)24-19(25)18(31-21(24)30)9-12-6-7-16(17(8-12)28-2)29-10-13-14(22)4-3-5-15(13)23/h3-9,11H,10H2,1-2H3,(H,26,27)/p-1/b18-9-/t11-/m0/s1. The van der Waals surface area contributed by atoms with E-state index in [-0.39, 0.29) is 10.9 Å². The van der Waals surface area contributed by atoms with Gasteiger partial charge >= 0.3 is 0 Å². The fourth-order valence-electron chi connectivity index (χ4n) is 2.78. The molecule has 1 amide bonds. The fourth-order valence-corrected chi connectivity index (χ4v) is 4.71. The lowest BCUT2D eigenvalue weighted by molar-refractivity contribution is -0.309. The van der Waals surface area contributed by atoms with Crippen molar-refractivity contribution in [2.45, 2.75) is 19.6 Å². The lowest BCUT2D eigenvalue weighted by Gasteiger charge is -2.23. The number of nitrogens with zero attached hydrogens (tertiary/aromatic N) is 1. The first-order valence-electron chi connectivity index (χ1n) is 8.94. The minimum Gasteiger partial charge on any atom is -0.548 e. The van der Waals surface area contributed by atoms with E-state index in [2.05, 4.69) is 0 Å². The molecule has 1 aliphatic rings. The molecule has 162 valence electrons. The first kappa shape index (κ1) is 23.4. The molecule has 0 spiro atoms. The smallest absolute Gasteiger partial charge is 0.266 e. The average Bonchev–Trinajstić information content (AvgIpc) is 3.00. The van der Waals surface area contributed by atoms with Crippen LogP contribution < -0.4 is 14.6 Å². The highest BCUT2D eigenvalue weighted by atomic mass is 35.5. The number of carboxylic acid groups (broad SMARTS) is 1. The molecule has 10 heteroatoms. The summed E-state index contributed by atoms with van der Waals surface area (Å²) in [6, 6.07) is 9.17. The summed E-state index contributed by atoms with van der Waals surface area (Å²) in [5.41, 5.74) is 1.31. The molecule has 1 heterocycles. The van der Waals surface area contributed by atoms with Crippen molar-refractivity contribution in [1.82, 2.24) is 4.90 Å². The first-order chi connectivity index (χ1) is 14.7. The van der Waals surface area contributed by atoms with Crippen LogP contribution in [0.1, 0.15) is 18.1 Å². The largest absolute Gasteiger partial charge is 0.548 e. The van der Waals surface area contributed by atoms with Crippen LogP contribution in [0, 0.1) is 0 Å². The van der Waals surface area contributed by atoms with Gasteiger partial charge in [0.15, 0.2) is 11.5 Å².